The molecule has 1 aliphatic rings. The molecule has 1 heterocycles. The van der Waals surface area contributed by atoms with Crippen molar-refractivity contribution in [3.63, 3.8) is 0 Å². The van der Waals surface area contributed by atoms with Gasteiger partial charge in [-0.3, -0.25) is 4.90 Å². The number of rotatable bonds is 7. The van der Waals surface area contributed by atoms with E-state index in [1.165, 1.54) is 25.1 Å². The monoisotopic (exact) mass is 309 g/mol. The standard InChI is InChI=1S/C17H28ClN3/c1-15(2)19-9-5-6-10-20-11-13-21(14-12-20)17-8-4-3-7-16(17)18/h3-4,7-8,15,19H,5-6,9-14H2,1-2H3. The number of para-hydroxylation sites is 1. The third kappa shape index (κ3) is 5.50. The van der Waals surface area contributed by atoms with E-state index in [2.05, 4.69) is 41.1 Å². The summed E-state index contributed by atoms with van der Waals surface area (Å²) < 4.78 is 0. The number of nitrogens with zero attached hydrogens (tertiary/aromatic N) is 2. The third-order valence-corrected chi connectivity index (χ3v) is 4.34. The van der Waals surface area contributed by atoms with Crippen LogP contribution in [0.3, 0.4) is 0 Å². The molecule has 1 aromatic carbocycles. The van der Waals surface area contributed by atoms with Gasteiger partial charge in [0.15, 0.2) is 0 Å². The van der Waals surface area contributed by atoms with Crippen molar-refractivity contribution >= 4 is 17.3 Å². The second-order valence-corrected chi connectivity index (χ2v) is 6.50. The van der Waals surface area contributed by atoms with Crippen LogP contribution in [0, 0.1) is 0 Å². The molecule has 1 aliphatic heterocycles. The molecule has 4 heteroatoms. The van der Waals surface area contributed by atoms with Gasteiger partial charge in [-0.15, -0.1) is 0 Å². The molecule has 0 saturated carbocycles. The Kier molecular flexibility index (Phi) is 6.81. The van der Waals surface area contributed by atoms with Crippen molar-refractivity contribution in [2.75, 3.05) is 44.2 Å². The largest absolute Gasteiger partial charge is 0.368 e. The number of nitrogens with one attached hydrogen (secondary N) is 1. The fourth-order valence-electron chi connectivity index (χ4n) is 2.77. The lowest BCUT2D eigenvalue weighted by Gasteiger charge is -2.36. The number of anilines is 1. The van der Waals surface area contributed by atoms with Gasteiger partial charge >= 0.3 is 0 Å². The van der Waals surface area contributed by atoms with Crippen LogP contribution in [-0.2, 0) is 0 Å². The van der Waals surface area contributed by atoms with Crippen molar-refractivity contribution < 1.29 is 0 Å². The van der Waals surface area contributed by atoms with Gasteiger partial charge in [-0.1, -0.05) is 37.6 Å². The summed E-state index contributed by atoms with van der Waals surface area (Å²) in [5, 5.41) is 4.34. The molecule has 2 rings (SSSR count). The highest BCUT2D eigenvalue weighted by Crippen LogP contribution is 2.25. The van der Waals surface area contributed by atoms with E-state index in [0.29, 0.717) is 6.04 Å². The van der Waals surface area contributed by atoms with Gasteiger partial charge in [-0.2, -0.15) is 0 Å². The van der Waals surface area contributed by atoms with Crippen molar-refractivity contribution in [2.24, 2.45) is 0 Å². The van der Waals surface area contributed by atoms with Crippen molar-refractivity contribution in [3.8, 4) is 0 Å². The minimum atomic E-state index is 0.601. The van der Waals surface area contributed by atoms with Crippen LogP contribution in [0.15, 0.2) is 24.3 Å². The lowest BCUT2D eigenvalue weighted by Crippen LogP contribution is -2.46. The molecule has 1 aromatic rings. The zero-order valence-corrected chi connectivity index (χ0v) is 14.1. The summed E-state index contributed by atoms with van der Waals surface area (Å²) in [5.41, 5.74) is 1.18. The molecular formula is C17H28ClN3. The molecule has 3 nitrogen and oxygen atoms in total. The fraction of sp³-hybridized carbons (Fsp3) is 0.647. The second-order valence-electron chi connectivity index (χ2n) is 6.10. The van der Waals surface area contributed by atoms with Crippen molar-refractivity contribution in [2.45, 2.75) is 32.7 Å². The average molecular weight is 310 g/mol. The Hall–Kier alpha value is -0.770. The first kappa shape index (κ1) is 16.6. The van der Waals surface area contributed by atoms with Crippen molar-refractivity contribution in [1.29, 1.82) is 0 Å². The Morgan fingerprint density at radius 2 is 1.81 bits per heavy atom. The molecule has 0 radical (unpaired) electrons. The van der Waals surface area contributed by atoms with Gasteiger partial charge in [-0.05, 0) is 38.1 Å². The van der Waals surface area contributed by atoms with Crippen molar-refractivity contribution in [1.82, 2.24) is 10.2 Å². The number of halogens is 1. The first-order chi connectivity index (χ1) is 10.2. The van der Waals surface area contributed by atoms with Gasteiger partial charge in [0.05, 0.1) is 10.7 Å². The van der Waals surface area contributed by atoms with Crippen LogP contribution >= 0.6 is 11.6 Å². The summed E-state index contributed by atoms with van der Waals surface area (Å²) in [6.07, 6.45) is 2.55. The molecule has 0 atom stereocenters. The Balaban J connectivity index is 1.66. The topological polar surface area (TPSA) is 18.5 Å². The Morgan fingerprint density at radius 3 is 2.48 bits per heavy atom. The minimum Gasteiger partial charge on any atom is -0.368 e. The van der Waals surface area contributed by atoms with Gasteiger partial charge in [0, 0.05) is 32.2 Å². The van der Waals surface area contributed by atoms with Crippen LogP contribution in [0.4, 0.5) is 5.69 Å². The van der Waals surface area contributed by atoms with E-state index >= 15 is 0 Å². The highest BCUT2D eigenvalue weighted by Gasteiger charge is 2.18. The first-order valence-corrected chi connectivity index (χ1v) is 8.50. The maximum Gasteiger partial charge on any atom is 0.0639 e. The van der Waals surface area contributed by atoms with Crippen LogP contribution in [-0.4, -0.2) is 50.2 Å². The number of hydrogen-bond donors (Lipinski definition) is 1. The van der Waals surface area contributed by atoms with Gasteiger partial charge in [0.1, 0.15) is 0 Å². The van der Waals surface area contributed by atoms with Crippen LogP contribution in [0.1, 0.15) is 26.7 Å². The van der Waals surface area contributed by atoms with E-state index in [4.69, 9.17) is 11.6 Å². The van der Waals surface area contributed by atoms with Crippen molar-refractivity contribution in [3.05, 3.63) is 29.3 Å². The van der Waals surface area contributed by atoms with Gasteiger partial charge in [0.25, 0.3) is 0 Å². The summed E-state index contributed by atoms with van der Waals surface area (Å²) in [4.78, 5) is 4.97. The number of piperazine rings is 1. The van der Waals surface area contributed by atoms with Gasteiger partial charge in [-0.25, -0.2) is 0 Å². The summed E-state index contributed by atoms with van der Waals surface area (Å²) in [5.74, 6) is 0. The highest BCUT2D eigenvalue weighted by atomic mass is 35.5. The zero-order chi connectivity index (χ0) is 15.1. The van der Waals surface area contributed by atoms with Gasteiger partial charge in [0.2, 0.25) is 0 Å². The molecule has 0 aliphatic carbocycles. The van der Waals surface area contributed by atoms with Crippen LogP contribution < -0.4 is 10.2 Å². The van der Waals surface area contributed by atoms with E-state index in [9.17, 15) is 0 Å². The molecule has 0 bridgehead atoms. The maximum absolute atomic E-state index is 6.28. The quantitative estimate of drug-likeness (QED) is 0.780. The first-order valence-electron chi connectivity index (χ1n) is 8.12. The lowest BCUT2D eigenvalue weighted by atomic mass is 10.2. The second kappa shape index (κ2) is 8.62. The fourth-order valence-corrected chi connectivity index (χ4v) is 3.03. The van der Waals surface area contributed by atoms with Crippen LogP contribution in [0.25, 0.3) is 0 Å². The van der Waals surface area contributed by atoms with E-state index in [-0.39, 0.29) is 0 Å². The molecular weight excluding hydrogens is 282 g/mol. The van der Waals surface area contributed by atoms with E-state index in [0.717, 1.165) is 37.7 Å². The molecule has 21 heavy (non-hydrogen) atoms. The number of unbranched alkanes of at least 4 members (excludes halogenated alkanes) is 1. The molecule has 118 valence electrons. The average Bonchev–Trinajstić information content (AvgIpc) is 2.48. The predicted molar refractivity (Wildman–Crippen MR) is 92.5 cm³/mol. The minimum absolute atomic E-state index is 0.601. The molecule has 0 aromatic heterocycles. The third-order valence-electron chi connectivity index (χ3n) is 4.02. The molecule has 0 spiro atoms. The number of benzene rings is 1. The highest BCUT2D eigenvalue weighted by molar-refractivity contribution is 6.33. The van der Waals surface area contributed by atoms with E-state index in [1.54, 1.807) is 0 Å². The normalized spacial score (nSPS) is 16.7. The van der Waals surface area contributed by atoms with Gasteiger partial charge < -0.3 is 10.2 Å². The smallest absolute Gasteiger partial charge is 0.0639 e. The van der Waals surface area contributed by atoms with E-state index in [1.807, 2.05) is 12.1 Å². The summed E-state index contributed by atoms with van der Waals surface area (Å²) >= 11 is 6.28. The summed E-state index contributed by atoms with van der Waals surface area (Å²) in [7, 11) is 0. The van der Waals surface area contributed by atoms with E-state index < -0.39 is 0 Å². The lowest BCUT2D eigenvalue weighted by molar-refractivity contribution is 0.252. The molecule has 1 saturated heterocycles. The molecule has 0 unspecified atom stereocenters. The number of hydrogen-bond acceptors (Lipinski definition) is 3. The zero-order valence-electron chi connectivity index (χ0n) is 13.3. The Morgan fingerprint density at radius 1 is 1.10 bits per heavy atom. The molecule has 1 N–H and O–H groups in total. The molecule has 1 fully saturated rings. The van der Waals surface area contributed by atoms with Crippen LogP contribution in [0.2, 0.25) is 5.02 Å². The Bertz CT molecular complexity index is 414. The predicted octanol–water partition coefficient (Wildman–Crippen LogP) is 3.24. The van der Waals surface area contributed by atoms with Crippen LogP contribution in [0.5, 0.6) is 0 Å². The summed E-state index contributed by atoms with van der Waals surface area (Å²) in [6.45, 7) is 11.2. The molecule has 0 amide bonds. The summed E-state index contributed by atoms with van der Waals surface area (Å²) in [6, 6.07) is 8.76. The maximum atomic E-state index is 6.28. The Labute approximate surface area is 134 Å². The SMILES string of the molecule is CC(C)NCCCCN1CCN(c2ccccc2Cl)CC1.